The molecule has 4 rings (SSSR count). The number of amidine groups is 1. The highest BCUT2D eigenvalue weighted by Gasteiger charge is 2.29. The minimum atomic E-state index is -4.61. The third kappa shape index (κ3) is 5.99. The largest absolute Gasteiger partial charge is 0.463 e. The van der Waals surface area contributed by atoms with Crippen LogP contribution in [0.1, 0.15) is 19.3 Å². The number of amides is 2. The van der Waals surface area contributed by atoms with Crippen molar-refractivity contribution < 1.29 is 27.3 Å². The van der Waals surface area contributed by atoms with Crippen LogP contribution in [0.15, 0.2) is 40.7 Å². The van der Waals surface area contributed by atoms with Gasteiger partial charge in [-0.3, -0.25) is 29.4 Å². The van der Waals surface area contributed by atoms with Gasteiger partial charge in [-0.1, -0.05) is 23.4 Å². The maximum atomic E-state index is 13.6. The monoisotopic (exact) mass is 587 g/mol. The number of hydrogen-bond acceptors (Lipinski definition) is 10. The first-order valence-electron chi connectivity index (χ1n) is 10.0. The molecule has 0 spiro atoms. The third-order valence-electron chi connectivity index (χ3n) is 4.81. The molecule has 11 nitrogen and oxygen atoms in total. The van der Waals surface area contributed by atoms with Crippen LogP contribution in [0.25, 0.3) is 0 Å². The lowest BCUT2D eigenvalue weighted by molar-refractivity contribution is 0.0994. The van der Waals surface area contributed by atoms with E-state index in [0.29, 0.717) is 32.4 Å². The van der Waals surface area contributed by atoms with Crippen molar-refractivity contribution in [2.24, 2.45) is 0 Å². The molecular weight excluding hydrogens is 570 g/mol. The molecule has 1 aliphatic heterocycles. The van der Waals surface area contributed by atoms with Crippen LogP contribution in [0, 0.1) is 5.41 Å². The van der Waals surface area contributed by atoms with Gasteiger partial charge in [0.25, 0.3) is 28.0 Å². The summed E-state index contributed by atoms with van der Waals surface area (Å²) in [6.07, 6.45) is 1.74. The Bertz CT molecular complexity index is 1420. The molecule has 1 fully saturated rings. The van der Waals surface area contributed by atoms with Gasteiger partial charge in [0, 0.05) is 11.4 Å². The number of rotatable bonds is 8. The zero-order valence-corrected chi connectivity index (χ0v) is 22.4. The topological polar surface area (TPSA) is 153 Å². The summed E-state index contributed by atoms with van der Waals surface area (Å²) in [4.78, 5) is 33.3. The Balaban J connectivity index is 1.67. The van der Waals surface area contributed by atoms with Crippen molar-refractivity contribution in [3.8, 4) is 0 Å². The van der Waals surface area contributed by atoms with Crippen LogP contribution in [0.4, 0.5) is 17.2 Å². The third-order valence-corrected chi connectivity index (χ3v) is 8.66. The van der Waals surface area contributed by atoms with Crippen molar-refractivity contribution in [1.82, 2.24) is 4.98 Å². The summed E-state index contributed by atoms with van der Waals surface area (Å²) in [5, 5.41) is 10.4. The average Bonchev–Trinajstić information content (AvgIpc) is 3.56. The Morgan fingerprint density at radius 2 is 2.00 bits per heavy atom. The number of thiophene rings is 1. The average molecular weight is 588 g/mol. The number of aromatic nitrogens is 1. The van der Waals surface area contributed by atoms with Gasteiger partial charge in [0.1, 0.15) is 11.5 Å². The number of ether oxygens (including phenoxy) is 1. The van der Waals surface area contributed by atoms with Gasteiger partial charge in [-0.25, -0.2) is 4.98 Å². The van der Waals surface area contributed by atoms with Crippen LogP contribution < -0.4 is 15.1 Å². The molecule has 3 N–H and O–H groups in total. The Morgan fingerprint density at radius 3 is 2.56 bits per heavy atom. The van der Waals surface area contributed by atoms with E-state index in [1.54, 1.807) is 29.4 Å². The van der Waals surface area contributed by atoms with E-state index in [4.69, 9.17) is 21.7 Å². The summed E-state index contributed by atoms with van der Waals surface area (Å²) in [7, 11) is -4.61. The molecule has 16 heteroatoms. The second-order valence-corrected chi connectivity index (χ2v) is 12.4. The predicted molar refractivity (Wildman–Crippen MR) is 142 cm³/mol. The second kappa shape index (κ2) is 10.7. The van der Waals surface area contributed by atoms with Crippen molar-refractivity contribution in [3.63, 3.8) is 0 Å². The van der Waals surface area contributed by atoms with E-state index in [-0.39, 0.29) is 22.4 Å². The van der Waals surface area contributed by atoms with Crippen molar-refractivity contribution in [2.75, 3.05) is 40.4 Å². The molecule has 3 aromatic rings. The molecule has 190 valence electrons. The first-order valence-corrected chi connectivity index (χ1v) is 14.9. The van der Waals surface area contributed by atoms with Crippen LogP contribution in [0.2, 0.25) is 4.34 Å². The van der Waals surface area contributed by atoms with Gasteiger partial charge < -0.3 is 10.1 Å². The summed E-state index contributed by atoms with van der Waals surface area (Å²) in [6, 6.07) is 9.27. The zero-order chi connectivity index (χ0) is 26.0. The van der Waals surface area contributed by atoms with Crippen molar-refractivity contribution >= 4 is 91.2 Å². The first-order chi connectivity index (χ1) is 17.1. The van der Waals surface area contributed by atoms with Gasteiger partial charge in [-0.05, 0) is 42.7 Å². The van der Waals surface area contributed by atoms with E-state index in [9.17, 15) is 22.6 Å². The molecule has 0 aliphatic carbocycles. The van der Waals surface area contributed by atoms with Crippen LogP contribution >= 0.6 is 46.0 Å². The Kier molecular flexibility index (Phi) is 7.87. The molecular formula is C20H18ClN5O6S4. The number of carbonyl (C=O) groups excluding carboxylic acids is 2. The molecule has 36 heavy (non-hydrogen) atoms. The smallest absolute Gasteiger partial charge is 0.289 e. The first kappa shape index (κ1) is 26.4. The SMILES string of the molecule is CSc1nc(NC(=O)c2ccc(Cl)s2)c(C(=O)N(CS(=O)(=O)O)c2ccc(N3CCOC3=N)cc2)s1. The summed E-state index contributed by atoms with van der Waals surface area (Å²) in [5.74, 6) is -2.37. The van der Waals surface area contributed by atoms with Crippen LogP contribution in [0.3, 0.4) is 0 Å². The van der Waals surface area contributed by atoms with Gasteiger partial charge >= 0.3 is 0 Å². The molecule has 2 aromatic heterocycles. The number of anilines is 3. The number of halogens is 1. The zero-order valence-electron chi connectivity index (χ0n) is 18.4. The number of carbonyl (C=O) groups is 2. The minimum Gasteiger partial charge on any atom is -0.463 e. The second-order valence-electron chi connectivity index (χ2n) is 7.19. The van der Waals surface area contributed by atoms with Crippen molar-refractivity contribution in [1.29, 1.82) is 5.41 Å². The fourth-order valence-electron chi connectivity index (χ4n) is 3.23. The maximum Gasteiger partial charge on any atom is 0.289 e. The molecule has 0 radical (unpaired) electrons. The fraction of sp³-hybridized carbons (Fsp3) is 0.200. The fourth-order valence-corrected chi connectivity index (χ4v) is 6.23. The lowest BCUT2D eigenvalue weighted by Gasteiger charge is -2.22. The maximum absolute atomic E-state index is 13.6. The number of thioether (sulfide) groups is 1. The molecule has 1 aliphatic rings. The standard InChI is InChI=1S/C20H18ClN5O6S4/c1-33-20-24-16(23-17(27)13-6-7-14(21)34-13)15(35-20)18(28)26(10-36(29,30)31)12-4-2-11(3-5-12)25-8-9-32-19(25)22/h2-7,22H,8-10H2,1H3,(H,23,27)(H,29,30,31). The van der Waals surface area contributed by atoms with E-state index >= 15 is 0 Å². The van der Waals surface area contributed by atoms with E-state index in [0.717, 1.165) is 27.6 Å². The lowest BCUT2D eigenvalue weighted by Crippen LogP contribution is -2.35. The molecule has 3 heterocycles. The van der Waals surface area contributed by atoms with Crippen LogP contribution in [-0.2, 0) is 14.9 Å². The summed E-state index contributed by atoms with van der Waals surface area (Å²) < 4.78 is 39.2. The van der Waals surface area contributed by atoms with Gasteiger partial charge in [0.15, 0.2) is 16.0 Å². The van der Waals surface area contributed by atoms with Gasteiger partial charge in [0.05, 0.1) is 15.8 Å². The van der Waals surface area contributed by atoms with Crippen molar-refractivity contribution in [3.05, 3.63) is 50.5 Å². The number of nitrogens with zero attached hydrogens (tertiary/aromatic N) is 3. The summed E-state index contributed by atoms with van der Waals surface area (Å²) in [6.45, 7) is 0.839. The quantitative estimate of drug-likeness (QED) is 0.261. The molecule has 2 amide bonds. The molecule has 0 atom stereocenters. The predicted octanol–water partition coefficient (Wildman–Crippen LogP) is 4.10. The lowest BCUT2D eigenvalue weighted by atomic mass is 10.2. The van der Waals surface area contributed by atoms with Crippen LogP contribution in [-0.4, -0.2) is 61.1 Å². The Morgan fingerprint density at radius 1 is 1.28 bits per heavy atom. The van der Waals surface area contributed by atoms with E-state index in [2.05, 4.69) is 10.3 Å². The van der Waals surface area contributed by atoms with Crippen molar-refractivity contribution in [2.45, 2.75) is 4.34 Å². The molecule has 0 saturated carbocycles. The highest BCUT2D eigenvalue weighted by Crippen LogP contribution is 2.33. The number of benzene rings is 1. The highest BCUT2D eigenvalue weighted by molar-refractivity contribution is 8.00. The molecule has 0 unspecified atom stereocenters. The molecule has 1 aromatic carbocycles. The normalized spacial score (nSPS) is 13.5. The van der Waals surface area contributed by atoms with Gasteiger partial charge in [-0.15, -0.1) is 22.7 Å². The Labute approximate surface area is 223 Å². The Hall–Kier alpha value is -2.69. The van der Waals surface area contributed by atoms with E-state index in [1.165, 1.54) is 30.0 Å². The molecule has 0 bridgehead atoms. The van der Waals surface area contributed by atoms with Crippen LogP contribution in [0.5, 0.6) is 0 Å². The number of nitrogens with one attached hydrogen (secondary N) is 2. The number of thiazole rings is 1. The van der Waals surface area contributed by atoms with E-state index in [1.807, 2.05) is 0 Å². The molecule has 1 saturated heterocycles. The van der Waals surface area contributed by atoms with E-state index < -0.39 is 27.8 Å². The number of hydrogen-bond donors (Lipinski definition) is 3. The summed E-state index contributed by atoms with van der Waals surface area (Å²) >= 11 is 9.18. The minimum absolute atomic E-state index is 0.0159. The van der Waals surface area contributed by atoms with Gasteiger partial charge in [-0.2, -0.15) is 8.42 Å². The highest BCUT2D eigenvalue weighted by atomic mass is 35.5. The van der Waals surface area contributed by atoms with Gasteiger partial charge in [0.2, 0.25) is 0 Å². The summed E-state index contributed by atoms with van der Waals surface area (Å²) in [5.41, 5.74) is 0.792.